The van der Waals surface area contributed by atoms with Crippen LogP contribution >= 0.6 is 0 Å². The highest BCUT2D eigenvalue weighted by atomic mass is 32.2. The lowest BCUT2D eigenvalue weighted by molar-refractivity contribution is 0.174. The standard InChI is InChI=1S/C23H22NO2S/c1-2-6-18(7-3-1)24(20-10-13-22-23(16-20)26-17-25-22)19-8-11-21(12-9-19)27-14-4-5-15-27/h1-3,6-13,16H,4-5,14-15,17H2/q+1. The van der Waals surface area contributed by atoms with E-state index in [1.54, 1.807) is 0 Å². The number of hydrogen-bond donors (Lipinski definition) is 0. The first-order valence-corrected chi connectivity index (χ1v) is 11.0. The van der Waals surface area contributed by atoms with Crippen LogP contribution in [0, 0.1) is 0 Å². The van der Waals surface area contributed by atoms with Gasteiger partial charge in [0.15, 0.2) is 16.4 Å². The Morgan fingerprint density at radius 2 is 1.33 bits per heavy atom. The second-order valence-corrected chi connectivity index (χ2v) is 9.08. The summed E-state index contributed by atoms with van der Waals surface area (Å²) in [5.41, 5.74) is 3.36. The average Bonchev–Trinajstić information content (AvgIpc) is 3.41. The lowest BCUT2D eigenvalue weighted by Gasteiger charge is -2.25. The first-order valence-electron chi connectivity index (χ1n) is 9.41. The van der Waals surface area contributed by atoms with Gasteiger partial charge >= 0.3 is 0 Å². The molecule has 2 heterocycles. The van der Waals surface area contributed by atoms with E-state index in [1.165, 1.54) is 29.2 Å². The van der Waals surface area contributed by atoms with Crippen LogP contribution in [0.1, 0.15) is 12.8 Å². The molecule has 0 saturated carbocycles. The Morgan fingerprint density at radius 3 is 2.11 bits per heavy atom. The van der Waals surface area contributed by atoms with Gasteiger partial charge in [0.1, 0.15) is 11.5 Å². The van der Waals surface area contributed by atoms with Crippen molar-refractivity contribution in [3.8, 4) is 11.5 Å². The molecule has 0 spiro atoms. The quantitative estimate of drug-likeness (QED) is 0.549. The Hall–Kier alpha value is -2.59. The normalized spacial score (nSPS) is 15.9. The highest BCUT2D eigenvalue weighted by molar-refractivity contribution is 7.97. The van der Waals surface area contributed by atoms with Crippen LogP contribution in [0.3, 0.4) is 0 Å². The molecule has 0 amide bonds. The third kappa shape index (κ3) is 3.26. The number of hydrogen-bond acceptors (Lipinski definition) is 3. The van der Waals surface area contributed by atoms with E-state index in [-0.39, 0.29) is 0 Å². The van der Waals surface area contributed by atoms with Crippen molar-refractivity contribution in [1.29, 1.82) is 0 Å². The van der Waals surface area contributed by atoms with E-state index < -0.39 is 0 Å². The van der Waals surface area contributed by atoms with Crippen LogP contribution in [0.5, 0.6) is 11.5 Å². The molecule has 0 aromatic heterocycles. The second-order valence-electron chi connectivity index (χ2n) is 6.81. The topological polar surface area (TPSA) is 21.7 Å². The molecule has 0 N–H and O–H groups in total. The number of fused-ring (bicyclic) bond motifs is 1. The second kappa shape index (κ2) is 7.20. The monoisotopic (exact) mass is 376 g/mol. The maximum Gasteiger partial charge on any atom is 0.231 e. The van der Waals surface area contributed by atoms with Gasteiger partial charge in [-0.1, -0.05) is 18.2 Å². The van der Waals surface area contributed by atoms with Crippen LogP contribution in [0.2, 0.25) is 0 Å². The molecule has 136 valence electrons. The molecular weight excluding hydrogens is 354 g/mol. The number of anilines is 3. The number of para-hydroxylation sites is 1. The molecule has 0 unspecified atom stereocenters. The van der Waals surface area contributed by atoms with E-state index in [1.807, 2.05) is 12.1 Å². The number of ether oxygens (including phenoxy) is 2. The van der Waals surface area contributed by atoms with Crippen molar-refractivity contribution in [1.82, 2.24) is 0 Å². The van der Waals surface area contributed by atoms with Gasteiger partial charge < -0.3 is 14.4 Å². The molecule has 0 bridgehead atoms. The van der Waals surface area contributed by atoms with Gasteiger partial charge in [-0.3, -0.25) is 0 Å². The molecule has 4 heteroatoms. The first-order chi connectivity index (χ1) is 13.4. The van der Waals surface area contributed by atoms with Crippen LogP contribution < -0.4 is 14.4 Å². The summed E-state index contributed by atoms with van der Waals surface area (Å²) in [4.78, 5) is 3.76. The Balaban J connectivity index is 1.54. The summed E-state index contributed by atoms with van der Waals surface area (Å²) in [5.74, 6) is 4.32. The molecule has 0 atom stereocenters. The summed E-state index contributed by atoms with van der Waals surface area (Å²) in [6, 6.07) is 25.7. The highest BCUT2D eigenvalue weighted by Crippen LogP contribution is 2.41. The molecule has 3 aromatic carbocycles. The maximum absolute atomic E-state index is 5.60. The van der Waals surface area contributed by atoms with Crippen molar-refractivity contribution in [3.63, 3.8) is 0 Å². The summed E-state index contributed by atoms with van der Waals surface area (Å²) < 4.78 is 11.1. The molecule has 27 heavy (non-hydrogen) atoms. The predicted octanol–water partition coefficient (Wildman–Crippen LogP) is 5.66. The molecule has 1 saturated heterocycles. The van der Waals surface area contributed by atoms with Gasteiger partial charge in [-0.25, -0.2) is 0 Å². The average molecular weight is 377 g/mol. The summed E-state index contributed by atoms with van der Waals surface area (Å²) in [6.45, 7) is 0.293. The van der Waals surface area contributed by atoms with Crippen LogP contribution in [0.4, 0.5) is 17.1 Å². The fraction of sp³-hybridized carbons (Fsp3) is 0.217. The zero-order valence-corrected chi connectivity index (χ0v) is 16.0. The lowest BCUT2D eigenvalue weighted by atomic mass is 10.2. The molecule has 3 nitrogen and oxygen atoms in total. The number of benzene rings is 3. The zero-order valence-electron chi connectivity index (χ0n) is 15.1. The van der Waals surface area contributed by atoms with Gasteiger partial charge in [-0.2, -0.15) is 0 Å². The van der Waals surface area contributed by atoms with E-state index in [9.17, 15) is 0 Å². The van der Waals surface area contributed by atoms with Gasteiger partial charge in [0.05, 0.1) is 5.69 Å². The largest absolute Gasteiger partial charge is 0.454 e. The summed E-state index contributed by atoms with van der Waals surface area (Å²) in [5, 5.41) is 0. The Bertz CT molecular complexity index is 921. The highest BCUT2D eigenvalue weighted by Gasteiger charge is 2.27. The van der Waals surface area contributed by atoms with Crippen LogP contribution in [0.15, 0.2) is 77.7 Å². The van der Waals surface area contributed by atoms with E-state index in [0.717, 1.165) is 28.6 Å². The predicted molar refractivity (Wildman–Crippen MR) is 112 cm³/mol. The summed E-state index contributed by atoms with van der Waals surface area (Å²) in [6.07, 6.45) is 2.75. The molecular formula is C23H22NO2S+. The van der Waals surface area contributed by atoms with Crippen LogP contribution in [-0.4, -0.2) is 18.3 Å². The van der Waals surface area contributed by atoms with Crippen molar-refractivity contribution < 1.29 is 9.47 Å². The van der Waals surface area contributed by atoms with Crippen LogP contribution in [0.25, 0.3) is 0 Å². The third-order valence-electron chi connectivity index (χ3n) is 5.09. The Kier molecular flexibility index (Phi) is 4.42. The van der Waals surface area contributed by atoms with Crippen molar-refractivity contribution in [2.24, 2.45) is 0 Å². The fourth-order valence-corrected chi connectivity index (χ4v) is 6.03. The zero-order chi connectivity index (χ0) is 18.1. The smallest absolute Gasteiger partial charge is 0.231 e. The molecule has 0 aliphatic carbocycles. The lowest BCUT2D eigenvalue weighted by Crippen LogP contribution is -2.10. The van der Waals surface area contributed by atoms with Crippen LogP contribution in [-0.2, 0) is 10.9 Å². The van der Waals surface area contributed by atoms with Gasteiger partial charge in [-0.05, 0) is 61.4 Å². The van der Waals surface area contributed by atoms with E-state index >= 15 is 0 Å². The van der Waals surface area contributed by atoms with Gasteiger partial charge in [0, 0.05) is 28.3 Å². The van der Waals surface area contributed by atoms with Crippen molar-refractivity contribution in [2.75, 3.05) is 23.2 Å². The molecule has 5 rings (SSSR count). The van der Waals surface area contributed by atoms with Crippen molar-refractivity contribution in [3.05, 3.63) is 72.8 Å². The molecule has 0 radical (unpaired) electrons. The fourth-order valence-electron chi connectivity index (χ4n) is 3.73. The van der Waals surface area contributed by atoms with Crippen molar-refractivity contribution in [2.45, 2.75) is 17.7 Å². The molecule has 2 aliphatic heterocycles. The SMILES string of the molecule is c1ccc(N(c2ccc([S+]3CCCC3)cc2)c2ccc3c(c2)OCO3)cc1. The van der Waals surface area contributed by atoms with E-state index in [4.69, 9.17) is 9.47 Å². The minimum Gasteiger partial charge on any atom is -0.454 e. The minimum atomic E-state index is 0.293. The third-order valence-corrected chi connectivity index (χ3v) is 7.59. The Labute approximate surface area is 162 Å². The van der Waals surface area contributed by atoms with Crippen molar-refractivity contribution >= 4 is 28.0 Å². The van der Waals surface area contributed by atoms with E-state index in [0.29, 0.717) is 17.7 Å². The summed E-state index contributed by atoms with van der Waals surface area (Å²) >= 11 is 0. The minimum absolute atomic E-state index is 0.293. The van der Waals surface area contributed by atoms with Gasteiger partial charge in [0.25, 0.3) is 0 Å². The van der Waals surface area contributed by atoms with Gasteiger partial charge in [0.2, 0.25) is 6.79 Å². The number of rotatable bonds is 4. The maximum atomic E-state index is 5.60. The number of nitrogens with zero attached hydrogens (tertiary/aromatic N) is 1. The first kappa shape index (κ1) is 16.6. The molecule has 1 fully saturated rings. The van der Waals surface area contributed by atoms with Gasteiger partial charge in [-0.15, -0.1) is 0 Å². The van der Waals surface area contributed by atoms with E-state index in [2.05, 4.69) is 65.6 Å². The summed E-state index contributed by atoms with van der Waals surface area (Å²) in [7, 11) is 0.444. The molecule has 3 aromatic rings. The Morgan fingerprint density at radius 1 is 0.667 bits per heavy atom. The molecule has 2 aliphatic rings.